The molecule has 0 bridgehead atoms. The number of aromatic nitrogens is 5. The van der Waals surface area contributed by atoms with Crippen LogP contribution in [0, 0.1) is 5.82 Å². The number of halogens is 1. The smallest absolute Gasteiger partial charge is 0.247 e. The lowest BCUT2D eigenvalue weighted by atomic mass is 10.2. The molecule has 5 rings (SSSR count). The summed E-state index contributed by atoms with van der Waals surface area (Å²) in [5, 5.41) is 21.1. The molecule has 0 saturated carbocycles. The van der Waals surface area contributed by atoms with Crippen molar-refractivity contribution in [1.29, 1.82) is 0 Å². The summed E-state index contributed by atoms with van der Waals surface area (Å²) < 4.78 is 26.9. The van der Waals surface area contributed by atoms with Crippen molar-refractivity contribution < 1.29 is 13.5 Å². The Bertz CT molecular complexity index is 1180. The maximum absolute atomic E-state index is 13.2. The molecule has 1 aliphatic heterocycles. The molecule has 1 saturated heterocycles. The molecule has 1 fully saturated rings. The molecule has 1 N–H and O–H groups in total. The number of benzene rings is 2. The van der Waals surface area contributed by atoms with Crippen molar-refractivity contribution in [2.45, 2.75) is 42.9 Å². The highest BCUT2D eigenvalue weighted by molar-refractivity contribution is 7.98. The van der Waals surface area contributed by atoms with Gasteiger partial charge in [-0.1, -0.05) is 30.0 Å². The second kappa shape index (κ2) is 10.1. The molecule has 0 aliphatic carbocycles. The lowest BCUT2D eigenvalue weighted by molar-refractivity contribution is 0.0942. The molecule has 4 aromatic rings. The molecule has 8 nitrogen and oxygen atoms in total. The van der Waals surface area contributed by atoms with Gasteiger partial charge in [-0.3, -0.25) is 0 Å². The van der Waals surface area contributed by atoms with Crippen LogP contribution in [0.5, 0.6) is 0 Å². The van der Waals surface area contributed by atoms with Gasteiger partial charge in [0.25, 0.3) is 0 Å². The highest BCUT2D eigenvalue weighted by Crippen LogP contribution is 2.26. The van der Waals surface area contributed by atoms with Gasteiger partial charge in [0.1, 0.15) is 5.82 Å². The van der Waals surface area contributed by atoms with E-state index in [1.807, 2.05) is 30.3 Å². The van der Waals surface area contributed by atoms with E-state index in [9.17, 15) is 4.39 Å². The van der Waals surface area contributed by atoms with Crippen molar-refractivity contribution in [2.24, 2.45) is 0 Å². The average molecular weight is 467 g/mol. The van der Waals surface area contributed by atoms with Crippen LogP contribution in [0.4, 0.5) is 10.1 Å². The van der Waals surface area contributed by atoms with E-state index in [0.29, 0.717) is 30.6 Å². The van der Waals surface area contributed by atoms with Gasteiger partial charge in [-0.15, -0.1) is 20.4 Å². The van der Waals surface area contributed by atoms with Crippen molar-refractivity contribution >= 4 is 17.4 Å². The van der Waals surface area contributed by atoms with Crippen LogP contribution in [0.2, 0.25) is 0 Å². The van der Waals surface area contributed by atoms with E-state index in [2.05, 4.69) is 30.3 Å². The number of hydrogen-bond donors (Lipinski definition) is 1. The number of rotatable bonds is 9. The van der Waals surface area contributed by atoms with E-state index in [1.54, 1.807) is 12.1 Å². The second-order valence-corrected chi connectivity index (χ2v) is 8.60. The van der Waals surface area contributed by atoms with Gasteiger partial charge in [-0.2, -0.15) is 0 Å². The molecule has 2 aromatic heterocycles. The second-order valence-electron chi connectivity index (χ2n) is 7.66. The van der Waals surface area contributed by atoms with Gasteiger partial charge in [-0.05, 0) is 49.2 Å². The summed E-state index contributed by atoms with van der Waals surface area (Å²) in [6, 6.07) is 15.9. The van der Waals surface area contributed by atoms with E-state index in [1.165, 1.54) is 23.9 Å². The third kappa shape index (κ3) is 5.40. The Morgan fingerprint density at radius 3 is 2.67 bits per heavy atom. The van der Waals surface area contributed by atoms with Crippen LogP contribution in [0.1, 0.15) is 24.6 Å². The van der Waals surface area contributed by atoms with Gasteiger partial charge < -0.3 is 19.0 Å². The first-order valence-electron chi connectivity index (χ1n) is 10.8. The Kier molecular flexibility index (Phi) is 6.63. The quantitative estimate of drug-likeness (QED) is 0.359. The molecule has 33 heavy (non-hydrogen) atoms. The summed E-state index contributed by atoms with van der Waals surface area (Å²) in [7, 11) is 0. The van der Waals surface area contributed by atoms with E-state index < -0.39 is 0 Å². The van der Waals surface area contributed by atoms with Crippen molar-refractivity contribution in [3.05, 3.63) is 72.1 Å². The molecule has 0 amide bonds. The van der Waals surface area contributed by atoms with Crippen molar-refractivity contribution in [1.82, 2.24) is 25.0 Å². The van der Waals surface area contributed by atoms with E-state index in [-0.39, 0.29) is 11.9 Å². The topological polar surface area (TPSA) is 90.9 Å². The Morgan fingerprint density at radius 1 is 1.03 bits per heavy atom. The van der Waals surface area contributed by atoms with Crippen molar-refractivity contribution in [3.63, 3.8) is 0 Å². The highest BCUT2D eigenvalue weighted by Gasteiger charge is 2.21. The number of nitrogens with one attached hydrogen (secondary N) is 1. The molecule has 170 valence electrons. The molecule has 1 atom stereocenters. The number of hydrogen-bond acceptors (Lipinski definition) is 8. The zero-order valence-corrected chi connectivity index (χ0v) is 18.7. The fourth-order valence-electron chi connectivity index (χ4n) is 3.62. The maximum atomic E-state index is 13.2. The zero-order valence-electron chi connectivity index (χ0n) is 17.9. The minimum absolute atomic E-state index is 0.137. The van der Waals surface area contributed by atoms with Gasteiger partial charge >= 0.3 is 0 Å². The minimum Gasteiger partial charge on any atom is -0.420 e. The van der Waals surface area contributed by atoms with E-state index in [4.69, 9.17) is 9.15 Å². The molecule has 0 spiro atoms. The normalized spacial score (nSPS) is 15.7. The number of nitrogens with zero attached hydrogens (tertiary/aromatic N) is 5. The van der Waals surface area contributed by atoms with Crippen LogP contribution in [0.15, 0.2) is 64.2 Å². The van der Waals surface area contributed by atoms with Gasteiger partial charge in [-0.25, -0.2) is 4.39 Å². The van der Waals surface area contributed by atoms with Gasteiger partial charge in [0.2, 0.25) is 11.8 Å². The maximum Gasteiger partial charge on any atom is 0.247 e. The van der Waals surface area contributed by atoms with Crippen molar-refractivity contribution in [3.8, 4) is 11.5 Å². The Balaban J connectivity index is 1.29. The number of ether oxygens (including phenoxy) is 1. The summed E-state index contributed by atoms with van der Waals surface area (Å²) >= 11 is 1.50. The molecular formula is C23H23FN6O2S. The van der Waals surface area contributed by atoms with Gasteiger partial charge in [0.05, 0.1) is 24.9 Å². The molecule has 2 aromatic carbocycles. The van der Waals surface area contributed by atoms with Crippen LogP contribution >= 0.6 is 11.8 Å². The predicted octanol–water partition coefficient (Wildman–Crippen LogP) is 4.55. The fourth-order valence-corrected chi connectivity index (χ4v) is 4.42. The molecule has 3 heterocycles. The summed E-state index contributed by atoms with van der Waals surface area (Å²) in [6.07, 6.45) is 2.21. The summed E-state index contributed by atoms with van der Waals surface area (Å²) in [4.78, 5) is 0. The van der Waals surface area contributed by atoms with E-state index >= 15 is 0 Å². The lowest BCUT2D eigenvalue weighted by Gasteiger charge is -2.15. The minimum atomic E-state index is -0.266. The first-order valence-corrected chi connectivity index (χ1v) is 11.8. The largest absolute Gasteiger partial charge is 0.420 e. The number of anilines is 1. The van der Waals surface area contributed by atoms with Gasteiger partial charge in [0.15, 0.2) is 11.0 Å². The Hall–Kier alpha value is -3.24. The third-order valence-electron chi connectivity index (χ3n) is 5.31. The standard InChI is InChI=1S/C23H23FN6O2S/c24-17-8-10-18(11-9-17)25-13-20-26-29-23(30(20)14-19-7-4-12-31-19)33-15-21-27-28-22(32-21)16-5-2-1-3-6-16/h1-3,5-6,8-11,19,25H,4,7,12-15H2/t19-/m0/s1. The molecule has 0 unspecified atom stereocenters. The lowest BCUT2D eigenvalue weighted by Crippen LogP contribution is -2.19. The number of thioether (sulfide) groups is 1. The zero-order chi connectivity index (χ0) is 22.5. The fraction of sp³-hybridized carbons (Fsp3) is 0.304. The van der Waals surface area contributed by atoms with Crippen LogP contribution < -0.4 is 5.32 Å². The first kappa shape index (κ1) is 21.6. The summed E-state index contributed by atoms with van der Waals surface area (Å²) in [5.74, 6) is 2.02. The molecule has 10 heteroatoms. The molecule has 1 aliphatic rings. The van der Waals surface area contributed by atoms with Crippen LogP contribution in [0.25, 0.3) is 11.5 Å². The average Bonchev–Trinajstić information content (AvgIpc) is 3.61. The van der Waals surface area contributed by atoms with E-state index in [0.717, 1.165) is 41.7 Å². The first-order chi connectivity index (χ1) is 16.2. The summed E-state index contributed by atoms with van der Waals surface area (Å²) in [6.45, 7) is 1.92. The van der Waals surface area contributed by atoms with Crippen molar-refractivity contribution in [2.75, 3.05) is 11.9 Å². The van der Waals surface area contributed by atoms with Crippen LogP contribution in [0.3, 0.4) is 0 Å². The SMILES string of the molecule is Fc1ccc(NCc2nnc(SCc3nnc(-c4ccccc4)o3)n2C[C@@H]2CCCO2)cc1. The summed E-state index contributed by atoms with van der Waals surface area (Å²) in [5.41, 5.74) is 1.70. The predicted molar refractivity (Wildman–Crippen MR) is 122 cm³/mol. The monoisotopic (exact) mass is 466 g/mol. The van der Waals surface area contributed by atoms with Crippen LogP contribution in [-0.2, 0) is 23.6 Å². The molecular weight excluding hydrogens is 443 g/mol. The third-order valence-corrected chi connectivity index (χ3v) is 6.26. The highest BCUT2D eigenvalue weighted by atomic mass is 32.2. The molecule has 0 radical (unpaired) electrons. The Labute approximate surface area is 194 Å². The van der Waals surface area contributed by atoms with Crippen LogP contribution in [-0.4, -0.2) is 37.7 Å². The van der Waals surface area contributed by atoms with Gasteiger partial charge in [0, 0.05) is 17.9 Å². The Morgan fingerprint density at radius 2 is 1.88 bits per heavy atom.